The number of halogens is 1. The Bertz CT molecular complexity index is 1150. The van der Waals surface area contributed by atoms with Crippen LogP contribution in [0.4, 0.5) is 14.9 Å². The van der Waals surface area contributed by atoms with Crippen LogP contribution < -0.4 is 14.8 Å². The predicted molar refractivity (Wildman–Crippen MR) is 123 cm³/mol. The van der Waals surface area contributed by atoms with Crippen LogP contribution in [0.25, 0.3) is 6.08 Å². The Morgan fingerprint density at radius 1 is 1.15 bits per heavy atom. The number of nitrogens with one attached hydrogen (secondary N) is 1. The van der Waals surface area contributed by atoms with Crippen molar-refractivity contribution in [2.45, 2.75) is 13.0 Å². The van der Waals surface area contributed by atoms with Gasteiger partial charge in [-0.15, -0.1) is 0 Å². The highest BCUT2D eigenvalue weighted by atomic mass is 32.2. The van der Waals surface area contributed by atoms with Crippen LogP contribution in [0.1, 0.15) is 12.5 Å². The molecule has 3 amide bonds. The fraction of sp³-hybridized carbons (Fsp3) is 0.217. The molecule has 0 aromatic heterocycles. The number of nitrogens with zero attached hydrogens (tertiary/aromatic N) is 1. The number of amides is 3. The molecule has 2 aromatic rings. The lowest BCUT2D eigenvalue weighted by Gasteiger charge is -2.18. The van der Waals surface area contributed by atoms with Crippen LogP contribution in [-0.2, 0) is 19.1 Å². The lowest BCUT2D eigenvalue weighted by Crippen LogP contribution is -2.42. The number of carbonyl (C=O) groups excluding carboxylic acids is 4. The molecule has 1 atom stereocenters. The first-order chi connectivity index (χ1) is 16.2. The Hall–Kier alpha value is -3.86. The minimum absolute atomic E-state index is 0.0645. The molecule has 0 aliphatic carbocycles. The van der Waals surface area contributed by atoms with E-state index in [1.54, 1.807) is 18.2 Å². The molecule has 34 heavy (non-hydrogen) atoms. The van der Waals surface area contributed by atoms with E-state index in [1.807, 2.05) is 0 Å². The van der Waals surface area contributed by atoms with Gasteiger partial charge in [-0.25, -0.2) is 9.18 Å². The van der Waals surface area contributed by atoms with Crippen molar-refractivity contribution in [2.75, 3.05) is 26.1 Å². The van der Waals surface area contributed by atoms with Gasteiger partial charge in [-0.2, -0.15) is 0 Å². The number of imide groups is 1. The summed E-state index contributed by atoms with van der Waals surface area (Å²) in [5.41, 5.74) is 0.772. The minimum atomic E-state index is -1.08. The maximum atomic E-state index is 13.0. The fourth-order valence-corrected chi connectivity index (χ4v) is 3.96. The van der Waals surface area contributed by atoms with Crippen LogP contribution in [0, 0.1) is 5.82 Å². The third-order valence-electron chi connectivity index (χ3n) is 4.74. The van der Waals surface area contributed by atoms with Crippen molar-refractivity contribution in [3.05, 3.63) is 58.8 Å². The second kappa shape index (κ2) is 10.8. The van der Waals surface area contributed by atoms with Crippen LogP contribution in [-0.4, -0.2) is 54.8 Å². The number of benzene rings is 2. The summed E-state index contributed by atoms with van der Waals surface area (Å²) in [7, 11) is 2.58. The van der Waals surface area contributed by atoms with E-state index < -0.39 is 41.5 Å². The van der Waals surface area contributed by atoms with E-state index in [4.69, 9.17) is 9.47 Å². The third-order valence-corrected chi connectivity index (χ3v) is 5.63. The predicted octanol–water partition coefficient (Wildman–Crippen LogP) is 3.45. The Balaban J connectivity index is 1.80. The number of hydrogen-bond donors (Lipinski definition) is 1. The number of para-hydroxylation sites is 1. The molecule has 1 N–H and O–H groups in total. The lowest BCUT2D eigenvalue weighted by molar-refractivity contribution is -0.148. The standard InChI is InChI=1S/C23H21FN2O7S/c1-13(22(29)32-3)26-21(28)18(34-23(26)30)11-14-5-4-6-17(31-2)20(14)33-12-19(27)25-16-9-7-15(24)8-10-16/h4-11,13H,12H2,1-3H3,(H,25,27)/b18-11+. The van der Waals surface area contributed by atoms with Crippen molar-refractivity contribution in [3.8, 4) is 11.5 Å². The zero-order chi connectivity index (χ0) is 24.8. The maximum absolute atomic E-state index is 13.0. The van der Waals surface area contributed by atoms with Gasteiger partial charge in [-0.1, -0.05) is 12.1 Å². The molecule has 3 rings (SSSR count). The largest absolute Gasteiger partial charge is 0.493 e. The first-order valence-corrected chi connectivity index (χ1v) is 10.8. The van der Waals surface area contributed by atoms with Gasteiger partial charge >= 0.3 is 5.97 Å². The lowest BCUT2D eigenvalue weighted by atomic mass is 10.1. The molecule has 0 radical (unpaired) electrons. The summed E-state index contributed by atoms with van der Waals surface area (Å²) in [6.45, 7) is 0.990. The molecule has 1 fully saturated rings. The van der Waals surface area contributed by atoms with Gasteiger partial charge in [0.2, 0.25) is 0 Å². The van der Waals surface area contributed by atoms with Crippen molar-refractivity contribution < 1.29 is 37.8 Å². The van der Waals surface area contributed by atoms with Crippen molar-refractivity contribution >= 4 is 46.5 Å². The molecule has 0 bridgehead atoms. The maximum Gasteiger partial charge on any atom is 0.328 e. The van der Waals surface area contributed by atoms with E-state index in [0.29, 0.717) is 28.8 Å². The van der Waals surface area contributed by atoms with Gasteiger partial charge in [-0.05, 0) is 55.1 Å². The summed E-state index contributed by atoms with van der Waals surface area (Å²) >= 11 is 0.667. The number of anilines is 1. The van der Waals surface area contributed by atoms with Crippen LogP contribution in [0.15, 0.2) is 47.4 Å². The van der Waals surface area contributed by atoms with E-state index >= 15 is 0 Å². The van der Waals surface area contributed by atoms with Gasteiger partial charge < -0.3 is 19.5 Å². The number of hydrogen-bond acceptors (Lipinski definition) is 8. The van der Waals surface area contributed by atoms with Crippen molar-refractivity contribution in [1.29, 1.82) is 0 Å². The molecule has 9 nitrogen and oxygen atoms in total. The number of thioether (sulfide) groups is 1. The molecule has 1 unspecified atom stereocenters. The van der Waals surface area contributed by atoms with Gasteiger partial charge in [0.15, 0.2) is 18.1 Å². The smallest absolute Gasteiger partial charge is 0.328 e. The number of carbonyl (C=O) groups is 4. The third kappa shape index (κ3) is 5.54. The molecule has 1 saturated heterocycles. The monoisotopic (exact) mass is 488 g/mol. The molecular weight excluding hydrogens is 467 g/mol. The van der Waals surface area contributed by atoms with Crippen molar-refractivity contribution in [3.63, 3.8) is 0 Å². The van der Waals surface area contributed by atoms with E-state index in [-0.39, 0.29) is 10.7 Å². The summed E-state index contributed by atoms with van der Waals surface area (Å²) in [4.78, 5) is 50.1. The molecule has 11 heteroatoms. The number of rotatable bonds is 8. The summed E-state index contributed by atoms with van der Waals surface area (Å²) in [6.07, 6.45) is 1.42. The zero-order valence-electron chi connectivity index (χ0n) is 18.5. The average Bonchev–Trinajstić information content (AvgIpc) is 3.10. The van der Waals surface area contributed by atoms with Crippen LogP contribution >= 0.6 is 11.8 Å². The molecular formula is C23H21FN2O7S. The SMILES string of the molecule is COC(=O)C(C)N1C(=O)S/C(=C/c2cccc(OC)c2OCC(=O)Nc2ccc(F)cc2)C1=O. The average molecular weight is 488 g/mol. The topological polar surface area (TPSA) is 111 Å². The highest BCUT2D eigenvalue weighted by Gasteiger charge is 2.41. The number of esters is 1. The summed E-state index contributed by atoms with van der Waals surface area (Å²) < 4.78 is 28.6. The summed E-state index contributed by atoms with van der Waals surface area (Å²) in [6, 6.07) is 9.03. The first kappa shape index (κ1) is 24.8. The van der Waals surface area contributed by atoms with E-state index in [2.05, 4.69) is 10.1 Å². The van der Waals surface area contributed by atoms with E-state index in [1.165, 1.54) is 51.5 Å². The number of ether oxygens (including phenoxy) is 3. The van der Waals surface area contributed by atoms with Gasteiger partial charge in [0, 0.05) is 11.3 Å². The molecule has 1 aliphatic heterocycles. The second-order valence-corrected chi connectivity index (χ2v) is 7.97. The van der Waals surface area contributed by atoms with E-state index in [9.17, 15) is 23.6 Å². The van der Waals surface area contributed by atoms with Gasteiger partial charge in [-0.3, -0.25) is 19.3 Å². The first-order valence-electron chi connectivity index (χ1n) is 9.95. The summed E-state index contributed by atoms with van der Waals surface area (Å²) in [5, 5.41) is 1.96. The normalized spacial score (nSPS) is 15.3. The molecule has 1 heterocycles. The van der Waals surface area contributed by atoms with Gasteiger partial charge in [0.05, 0.1) is 19.1 Å². The van der Waals surface area contributed by atoms with Crippen LogP contribution in [0.2, 0.25) is 0 Å². The Morgan fingerprint density at radius 3 is 2.50 bits per heavy atom. The highest BCUT2D eigenvalue weighted by Crippen LogP contribution is 2.38. The molecule has 1 aliphatic rings. The van der Waals surface area contributed by atoms with Gasteiger partial charge in [0.1, 0.15) is 11.9 Å². The molecule has 0 spiro atoms. The Morgan fingerprint density at radius 2 is 1.85 bits per heavy atom. The zero-order valence-corrected chi connectivity index (χ0v) is 19.3. The highest BCUT2D eigenvalue weighted by molar-refractivity contribution is 8.18. The van der Waals surface area contributed by atoms with Crippen molar-refractivity contribution in [1.82, 2.24) is 4.90 Å². The molecule has 0 saturated carbocycles. The number of methoxy groups -OCH3 is 2. The second-order valence-electron chi connectivity index (χ2n) is 6.97. The Kier molecular flexibility index (Phi) is 7.90. The Labute approximate surface area is 198 Å². The summed E-state index contributed by atoms with van der Waals surface area (Å²) in [5.74, 6) is -1.84. The van der Waals surface area contributed by atoms with Gasteiger partial charge in [0.25, 0.3) is 17.1 Å². The van der Waals surface area contributed by atoms with Crippen LogP contribution in [0.5, 0.6) is 11.5 Å². The van der Waals surface area contributed by atoms with Crippen molar-refractivity contribution in [2.24, 2.45) is 0 Å². The van der Waals surface area contributed by atoms with Crippen LogP contribution in [0.3, 0.4) is 0 Å². The minimum Gasteiger partial charge on any atom is -0.493 e. The fourth-order valence-electron chi connectivity index (χ4n) is 3.06. The molecule has 178 valence electrons. The quantitative estimate of drug-likeness (QED) is 0.444. The van der Waals surface area contributed by atoms with E-state index in [0.717, 1.165) is 4.90 Å². The molecule has 2 aromatic carbocycles.